The Hall–Kier alpha value is -2.34. The predicted octanol–water partition coefficient (Wildman–Crippen LogP) is 5.46. The van der Waals surface area contributed by atoms with Crippen LogP contribution in [0.3, 0.4) is 0 Å². The van der Waals surface area contributed by atoms with Crippen LogP contribution in [-0.4, -0.2) is 54.7 Å². The van der Waals surface area contributed by atoms with Crippen molar-refractivity contribution in [2.75, 3.05) is 33.9 Å². The molecule has 0 saturated carbocycles. The van der Waals surface area contributed by atoms with E-state index in [9.17, 15) is 4.79 Å². The van der Waals surface area contributed by atoms with Crippen LogP contribution in [0.5, 0.6) is 5.75 Å². The highest BCUT2D eigenvalue weighted by Crippen LogP contribution is 2.24. The zero-order valence-corrected chi connectivity index (χ0v) is 21.2. The molecule has 0 atom stereocenters. The summed E-state index contributed by atoms with van der Waals surface area (Å²) in [7, 11) is 3.46. The van der Waals surface area contributed by atoms with Crippen LogP contribution < -0.4 is 4.74 Å². The number of nitrogens with zero attached hydrogens (tertiary/aromatic N) is 2. The Morgan fingerprint density at radius 2 is 1.90 bits per heavy atom. The number of hydrogen-bond donors (Lipinski definition) is 1. The lowest BCUT2D eigenvalue weighted by molar-refractivity contribution is -0.127. The second kappa shape index (κ2) is 20.9. The Morgan fingerprint density at radius 3 is 2.29 bits per heavy atom. The molecule has 31 heavy (non-hydrogen) atoms. The molecule has 3 rings (SSSR count). The van der Waals surface area contributed by atoms with Crippen molar-refractivity contribution in [3.63, 3.8) is 0 Å². The van der Waals surface area contributed by atoms with E-state index in [1.807, 2.05) is 33.9 Å². The average Bonchev–Trinajstić information content (AvgIpc) is 3.35. The van der Waals surface area contributed by atoms with E-state index in [1.165, 1.54) is 23.2 Å². The van der Waals surface area contributed by atoms with Crippen molar-refractivity contribution < 1.29 is 14.3 Å². The number of aryl methyl sites for hydroxylation is 3. The summed E-state index contributed by atoms with van der Waals surface area (Å²) >= 11 is 0. The molecule has 0 radical (unpaired) electrons. The molecule has 1 aliphatic heterocycles. The molecule has 2 aromatic rings. The molecule has 6 nitrogen and oxygen atoms in total. The molecular formula is C25H45N3O3. The molecule has 178 valence electrons. The molecule has 1 N–H and O–H groups in total. The zero-order valence-electron chi connectivity index (χ0n) is 21.2. The number of carbonyl (C=O) groups is 1. The molecule has 0 spiro atoms. The van der Waals surface area contributed by atoms with Crippen molar-refractivity contribution in [2.24, 2.45) is 0 Å². The van der Waals surface area contributed by atoms with Gasteiger partial charge in [-0.25, -0.2) is 4.98 Å². The van der Waals surface area contributed by atoms with Gasteiger partial charge in [0.25, 0.3) is 0 Å². The highest BCUT2D eigenvalue weighted by Gasteiger charge is 2.08. The third-order valence-corrected chi connectivity index (χ3v) is 4.30. The summed E-state index contributed by atoms with van der Waals surface area (Å²) in [5.41, 5.74) is 3.89. The van der Waals surface area contributed by atoms with Gasteiger partial charge in [-0.3, -0.25) is 4.79 Å². The lowest BCUT2D eigenvalue weighted by atomic mass is 10.0. The molecule has 0 unspecified atom stereocenters. The molecule has 0 aliphatic carbocycles. The highest BCUT2D eigenvalue weighted by molar-refractivity contribution is 5.72. The number of H-pyrrole nitrogens is 1. The largest absolute Gasteiger partial charge is 0.493 e. The van der Waals surface area contributed by atoms with Crippen molar-refractivity contribution in [3.8, 4) is 5.75 Å². The maximum atomic E-state index is 10.3. The van der Waals surface area contributed by atoms with Crippen LogP contribution in [0, 0.1) is 6.92 Å². The van der Waals surface area contributed by atoms with Crippen LogP contribution >= 0.6 is 0 Å². The van der Waals surface area contributed by atoms with E-state index in [-0.39, 0.29) is 5.91 Å². The molecule has 1 aromatic carbocycles. The summed E-state index contributed by atoms with van der Waals surface area (Å²) in [6.07, 6.45) is 6.91. The topological polar surface area (TPSA) is 67.5 Å². The Bertz CT molecular complexity index is 656. The molecule has 2 heterocycles. The van der Waals surface area contributed by atoms with Crippen molar-refractivity contribution in [1.29, 1.82) is 0 Å². The number of fused-ring (bicyclic) bond motifs is 1. The summed E-state index contributed by atoms with van der Waals surface area (Å²) < 4.78 is 10.0. The summed E-state index contributed by atoms with van der Waals surface area (Å²) in [6.45, 7) is 16.2. The van der Waals surface area contributed by atoms with Gasteiger partial charge in [0.05, 0.1) is 12.9 Å². The number of methoxy groups -OCH3 is 1. The normalized spacial score (nSPS) is 10.6. The minimum Gasteiger partial charge on any atom is -0.493 e. The van der Waals surface area contributed by atoms with E-state index in [0.717, 1.165) is 38.3 Å². The Balaban J connectivity index is 0. The van der Waals surface area contributed by atoms with Crippen LogP contribution in [0.15, 0.2) is 30.7 Å². The quantitative estimate of drug-likeness (QED) is 0.695. The predicted molar refractivity (Wildman–Crippen MR) is 131 cm³/mol. The van der Waals surface area contributed by atoms with Crippen molar-refractivity contribution in [2.45, 2.75) is 67.7 Å². The fourth-order valence-corrected chi connectivity index (χ4v) is 2.19. The van der Waals surface area contributed by atoms with Gasteiger partial charge < -0.3 is 19.4 Å². The summed E-state index contributed by atoms with van der Waals surface area (Å²) in [5.74, 6) is 1.21. The number of imidazole rings is 1. The first kappa shape index (κ1) is 30.9. The van der Waals surface area contributed by atoms with Gasteiger partial charge in [-0.2, -0.15) is 0 Å². The van der Waals surface area contributed by atoms with E-state index in [4.69, 9.17) is 4.74 Å². The summed E-state index contributed by atoms with van der Waals surface area (Å²) in [6, 6.07) is 6.39. The smallest absolute Gasteiger partial charge is 0.219 e. The molecule has 1 aliphatic rings. The van der Waals surface area contributed by atoms with Gasteiger partial charge >= 0.3 is 0 Å². The summed E-state index contributed by atoms with van der Waals surface area (Å²) in [4.78, 5) is 18.8. The second-order valence-corrected chi connectivity index (χ2v) is 6.60. The molecule has 1 aromatic heterocycles. The van der Waals surface area contributed by atoms with Crippen LogP contribution in [0.2, 0.25) is 0 Å². The number of hydrogen-bond acceptors (Lipinski definition) is 4. The lowest BCUT2D eigenvalue weighted by Crippen LogP contribution is -2.22. The van der Waals surface area contributed by atoms with E-state index in [0.29, 0.717) is 0 Å². The van der Waals surface area contributed by atoms with Gasteiger partial charge in [-0.1, -0.05) is 38.5 Å². The molecule has 0 saturated heterocycles. The van der Waals surface area contributed by atoms with Gasteiger partial charge in [0.2, 0.25) is 5.91 Å². The van der Waals surface area contributed by atoms with Crippen LogP contribution in [0.4, 0.5) is 0 Å². The second-order valence-electron chi connectivity index (χ2n) is 6.60. The van der Waals surface area contributed by atoms with Gasteiger partial charge in [0.1, 0.15) is 5.75 Å². The molecular weight excluding hydrogens is 390 g/mol. The molecule has 1 amide bonds. The molecule has 6 heteroatoms. The highest BCUT2D eigenvalue weighted by atomic mass is 16.5. The minimum absolute atomic E-state index is 0.127. The molecule has 0 bridgehead atoms. The Labute approximate surface area is 190 Å². The third-order valence-electron chi connectivity index (χ3n) is 4.30. The lowest BCUT2D eigenvalue weighted by Gasteiger charge is -2.16. The standard InChI is InChI=1S/C10H12O.C5H8N2.C5H11NO.C3H8O.C2H6/c1-8-4-5-10-9(7-8)3-2-6-11-10;1-2-5-3-6-4-7-5;1-4-6(3)5(2)7;1-3-4-2;1-2/h4-5,7H,2-3,6H2,1H3;3-4H,2H2,1H3,(H,6,7);4H2,1-3H3;3H2,1-2H3;1-2H3. The fourth-order valence-electron chi connectivity index (χ4n) is 2.19. The number of nitrogens with one attached hydrogen (secondary N) is 1. The number of rotatable bonds is 3. The number of aromatic amines is 1. The van der Waals surface area contributed by atoms with Gasteiger partial charge in [0.15, 0.2) is 0 Å². The maximum Gasteiger partial charge on any atom is 0.219 e. The number of ether oxygens (including phenoxy) is 2. The van der Waals surface area contributed by atoms with Crippen LogP contribution in [0.25, 0.3) is 0 Å². The van der Waals surface area contributed by atoms with Gasteiger partial charge in [-0.05, 0) is 51.7 Å². The van der Waals surface area contributed by atoms with Crippen molar-refractivity contribution >= 4 is 5.91 Å². The zero-order chi connectivity index (χ0) is 24.1. The Morgan fingerprint density at radius 1 is 1.26 bits per heavy atom. The first-order valence-corrected chi connectivity index (χ1v) is 11.3. The number of amides is 1. The van der Waals surface area contributed by atoms with Gasteiger partial charge in [-0.15, -0.1) is 0 Å². The van der Waals surface area contributed by atoms with E-state index < -0.39 is 0 Å². The Kier molecular flexibility index (Phi) is 20.8. The third kappa shape index (κ3) is 16.1. The monoisotopic (exact) mass is 435 g/mol. The van der Waals surface area contributed by atoms with E-state index >= 15 is 0 Å². The first-order valence-electron chi connectivity index (χ1n) is 11.3. The number of aromatic nitrogens is 2. The van der Waals surface area contributed by atoms with Crippen LogP contribution in [0.1, 0.15) is 64.8 Å². The number of carbonyl (C=O) groups excluding carboxylic acids is 1. The van der Waals surface area contributed by atoms with Crippen molar-refractivity contribution in [3.05, 3.63) is 47.5 Å². The average molecular weight is 436 g/mol. The van der Waals surface area contributed by atoms with E-state index in [1.54, 1.807) is 32.3 Å². The minimum atomic E-state index is 0.127. The van der Waals surface area contributed by atoms with Gasteiger partial charge in [0, 0.05) is 46.1 Å². The van der Waals surface area contributed by atoms with Crippen LogP contribution in [-0.2, 0) is 22.4 Å². The number of benzene rings is 1. The fraction of sp³-hybridized carbons (Fsp3) is 0.600. The first-order chi connectivity index (χ1) is 14.9. The van der Waals surface area contributed by atoms with Crippen molar-refractivity contribution in [1.82, 2.24) is 14.9 Å². The molecule has 0 fully saturated rings. The SMILES string of the molecule is CC.CCN(C)C(C)=O.CCOC.CCc1cnc[nH]1.Cc1ccc2c(c1)CCCO2. The van der Waals surface area contributed by atoms with E-state index in [2.05, 4.69) is 46.8 Å². The summed E-state index contributed by atoms with van der Waals surface area (Å²) in [5, 5.41) is 0. The maximum absolute atomic E-state index is 10.3.